The van der Waals surface area contributed by atoms with E-state index < -0.39 is 0 Å². The Hall–Kier alpha value is -4.35. The number of nitrogen functional groups attached to an aromatic ring is 1. The van der Waals surface area contributed by atoms with Gasteiger partial charge in [0.05, 0.1) is 18.4 Å². The number of nitrogens with zero attached hydrogens (tertiary/aromatic N) is 7. The van der Waals surface area contributed by atoms with Gasteiger partial charge in [0.25, 0.3) is 11.9 Å². The summed E-state index contributed by atoms with van der Waals surface area (Å²) in [5.74, 6) is 0.449. The van der Waals surface area contributed by atoms with E-state index in [-0.39, 0.29) is 23.2 Å². The van der Waals surface area contributed by atoms with Crippen LogP contribution in [0.5, 0.6) is 5.88 Å². The average Bonchev–Trinajstić information content (AvgIpc) is 3.32. The van der Waals surface area contributed by atoms with E-state index in [0.717, 1.165) is 13.0 Å². The van der Waals surface area contributed by atoms with Gasteiger partial charge in [0.1, 0.15) is 5.56 Å². The number of anilines is 2. The number of pyridine rings is 1. The van der Waals surface area contributed by atoms with Crippen molar-refractivity contribution in [2.45, 2.75) is 6.42 Å². The maximum atomic E-state index is 13.0. The van der Waals surface area contributed by atoms with E-state index in [1.165, 1.54) is 42.6 Å². The minimum atomic E-state index is -0.354. The fourth-order valence-corrected chi connectivity index (χ4v) is 5.62. The number of nitrogens with two attached hydrogens (primary N) is 1. The Morgan fingerprint density at radius 3 is 2.62 bits per heavy atom. The van der Waals surface area contributed by atoms with Crippen LogP contribution in [0, 0.1) is 5.41 Å². The molecule has 1 amide bonds. The van der Waals surface area contributed by atoms with Gasteiger partial charge < -0.3 is 25.6 Å². The molecule has 1 aromatic carbocycles. The molecule has 11 heteroatoms. The SMILES string of the molecule is COc1ncccc1-c1ccnc(-n2cc(C(=O)Nc3ccc(CCN4CC5(CN(C)C5)C4)cc3)c(N)n2)n1. The van der Waals surface area contributed by atoms with Crippen molar-refractivity contribution in [3.63, 3.8) is 0 Å². The number of aromatic nitrogens is 5. The number of rotatable bonds is 8. The predicted molar refractivity (Wildman–Crippen MR) is 148 cm³/mol. The molecule has 0 saturated carbocycles. The van der Waals surface area contributed by atoms with Crippen molar-refractivity contribution < 1.29 is 9.53 Å². The van der Waals surface area contributed by atoms with Crippen LogP contribution in [0.4, 0.5) is 11.5 Å². The number of likely N-dealkylation sites (tertiary alicyclic amines) is 2. The largest absolute Gasteiger partial charge is 0.481 e. The Bertz CT molecular complexity index is 1490. The number of nitrogens with one attached hydrogen (secondary N) is 1. The summed E-state index contributed by atoms with van der Waals surface area (Å²) < 4.78 is 6.73. The van der Waals surface area contributed by atoms with Gasteiger partial charge in [-0.2, -0.15) is 0 Å². The van der Waals surface area contributed by atoms with Gasteiger partial charge >= 0.3 is 0 Å². The first-order valence-corrected chi connectivity index (χ1v) is 12.9. The number of carbonyl (C=O) groups excluding carboxylic acids is 1. The number of hydrogen-bond acceptors (Lipinski definition) is 9. The number of hydrogen-bond donors (Lipinski definition) is 2. The van der Waals surface area contributed by atoms with Crippen molar-refractivity contribution in [1.82, 2.24) is 34.5 Å². The lowest BCUT2D eigenvalue weighted by molar-refractivity contribution is -0.103. The van der Waals surface area contributed by atoms with E-state index in [1.54, 1.807) is 31.6 Å². The molecule has 0 atom stereocenters. The zero-order valence-corrected chi connectivity index (χ0v) is 22.0. The Morgan fingerprint density at radius 1 is 1.08 bits per heavy atom. The molecule has 0 bridgehead atoms. The molecule has 0 aliphatic carbocycles. The van der Waals surface area contributed by atoms with Crippen molar-refractivity contribution in [3.05, 3.63) is 72.2 Å². The molecule has 2 saturated heterocycles. The number of benzene rings is 1. The Labute approximate surface area is 226 Å². The van der Waals surface area contributed by atoms with Crippen LogP contribution in [0.25, 0.3) is 17.2 Å². The van der Waals surface area contributed by atoms with Crippen molar-refractivity contribution >= 4 is 17.4 Å². The van der Waals surface area contributed by atoms with E-state index in [2.05, 4.69) is 54.3 Å². The molecule has 6 rings (SSSR count). The first kappa shape index (κ1) is 25.0. The second-order valence-corrected chi connectivity index (χ2v) is 10.5. The fourth-order valence-electron chi connectivity index (χ4n) is 5.62. The molecule has 2 aliphatic heterocycles. The molecule has 4 aromatic rings. The summed E-state index contributed by atoms with van der Waals surface area (Å²) in [6.45, 7) is 5.91. The summed E-state index contributed by atoms with van der Waals surface area (Å²) in [5.41, 5.74) is 10.1. The Balaban J connectivity index is 1.08. The molecule has 0 radical (unpaired) electrons. The smallest absolute Gasteiger partial charge is 0.261 e. The summed E-state index contributed by atoms with van der Waals surface area (Å²) in [7, 11) is 3.74. The molecule has 11 nitrogen and oxygen atoms in total. The zero-order chi connectivity index (χ0) is 27.0. The van der Waals surface area contributed by atoms with Crippen LogP contribution in [0.3, 0.4) is 0 Å². The van der Waals surface area contributed by atoms with Crippen LogP contribution in [0.1, 0.15) is 15.9 Å². The lowest BCUT2D eigenvalue weighted by Crippen LogP contribution is -2.71. The van der Waals surface area contributed by atoms with Crippen molar-refractivity contribution in [2.75, 3.05) is 57.9 Å². The summed E-state index contributed by atoms with van der Waals surface area (Å²) >= 11 is 0. The number of carbonyl (C=O) groups is 1. The maximum Gasteiger partial charge on any atom is 0.261 e. The van der Waals surface area contributed by atoms with Gasteiger partial charge in [0, 0.05) is 62.4 Å². The van der Waals surface area contributed by atoms with E-state index in [1.807, 2.05) is 18.2 Å². The minimum absolute atomic E-state index is 0.0852. The molecule has 3 aromatic heterocycles. The van der Waals surface area contributed by atoms with Gasteiger partial charge in [0.2, 0.25) is 5.88 Å². The highest BCUT2D eigenvalue weighted by molar-refractivity contribution is 6.07. The maximum absolute atomic E-state index is 13.0. The minimum Gasteiger partial charge on any atom is -0.481 e. The highest BCUT2D eigenvalue weighted by atomic mass is 16.5. The quantitative estimate of drug-likeness (QED) is 0.356. The molecule has 200 valence electrons. The standard InChI is InChI=1S/C28H31N9O2/c1-35-15-28(16-35)17-36(18-28)13-10-19-5-7-20(8-6-19)32-25(38)22-14-37(34-24(22)29)27-31-12-9-23(33-27)21-4-3-11-30-26(21)39-2/h3-9,11-12,14H,10,13,15-18H2,1-2H3,(H2,29,34)(H,32,38). The summed E-state index contributed by atoms with van der Waals surface area (Å²) in [6, 6.07) is 13.4. The molecule has 1 spiro atoms. The normalized spacial score (nSPS) is 16.5. The monoisotopic (exact) mass is 525 g/mol. The van der Waals surface area contributed by atoms with Gasteiger partial charge in [0.15, 0.2) is 5.82 Å². The third-order valence-electron chi connectivity index (χ3n) is 7.33. The lowest BCUT2D eigenvalue weighted by atomic mass is 9.73. The number of methoxy groups -OCH3 is 1. The molecule has 39 heavy (non-hydrogen) atoms. The fraction of sp³-hybridized carbons (Fsp3) is 0.321. The summed E-state index contributed by atoms with van der Waals surface area (Å²) in [5, 5.41) is 7.18. The highest BCUT2D eigenvalue weighted by Gasteiger charge is 2.49. The molecule has 2 aliphatic rings. The van der Waals surface area contributed by atoms with E-state index >= 15 is 0 Å². The van der Waals surface area contributed by atoms with E-state index in [9.17, 15) is 4.79 Å². The first-order valence-electron chi connectivity index (χ1n) is 12.9. The first-order chi connectivity index (χ1) is 18.9. The lowest BCUT2D eigenvalue weighted by Gasteiger charge is -2.59. The summed E-state index contributed by atoms with van der Waals surface area (Å²) in [6.07, 6.45) is 5.77. The second kappa shape index (κ2) is 10.1. The number of ether oxygens (including phenoxy) is 1. The molecule has 3 N–H and O–H groups in total. The van der Waals surface area contributed by atoms with Crippen LogP contribution in [-0.4, -0.2) is 87.3 Å². The average molecular weight is 526 g/mol. The van der Waals surface area contributed by atoms with Crippen molar-refractivity contribution in [1.29, 1.82) is 0 Å². The third-order valence-corrected chi connectivity index (χ3v) is 7.33. The second-order valence-electron chi connectivity index (χ2n) is 10.5. The highest BCUT2D eigenvalue weighted by Crippen LogP contribution is 2.38. The van der Waals surface area contributed by atoms with E-state index in [4.69, 9.17) is 10.5 Å². The zero-order valence-electron chi connectivity index (χ0n) is 22.0. The Morgan fingerprint density at radius 2 is 1.87 bits per heavy atom. The number of amides is 1. The van der Waals surface area contributed by atoms with E-state index in [0.29, 0.717) is 28.2 Å². The van der Waals surface area contributed by atoms with Crippen LogP contribution in [0.2, 0.25) is 0 Å². The van der Waals surface area contributed by atoms with Crippen molar-refractivity contribution in [3.8, 4) is 23.1 Å². The predicted octanol–water partition coefficient (Wildman–Crippen LogP) is 2.36. The topological polar surface area (TPSA) is 127 Å². The molecular formula is C28H31N9O2. The van der Waals surface area contributed by atoms with Crippen molar-refractivity contribution in [2.24, 2.45) is 5.41 Å². The van der Waals surface area contributed by atoms with Gasteiger partial charge in [-0.15, -0.1) is 5.10 Å². The van der Waals surface area contributed by atoms with Gasteiger partial charge in [-0.25, -0.2) is 19.6 Å². The molecule has 5 heterocycles. The summed E-state index contributed by atoms with van der Waals surface area (Å²) in [4.78, 5) is 31.0. The van der Waals surface area contributed by atoms with Crippen LogP contribution >= 0.6 is 0 Å². The van der Waals surface area contributed by atoms with Gasteiger partial charge in [-0.1, -0.05) is 12.1 Å². The van der Waals surface area contributed by atoms with Crippen LogP contribution in [-0.2, 0) is 6.42 Å². The molecule has 0 unspecified atom stereocenters. The van der Waals surface area contributed by atoms with Crippen LogP contribution in [0.15, 0.2) is 61.1 Å². The van der Waals surface area contributed by atoms with Crippen LogP contribution < -0.4 is 15.8 Å². The van der Waals surface area contributed by atoms with Gasteiger partial charge in [-0.3, -0.25) is 4.79 Å². The third kappa shape index (κ3) is 5.06. The Kier molecular flexibility index (Phi) is 6.45. The molecular weight excluding hydrogens is 494 g/mol. The molecule has 2 fully saturated rings. The van der Waals surface area contributed by atoms with Gasteiger partial charge in [-0.05, 0) is 49.4 Å².